The molecule has 7 heteroatoms. The first-order valence-corrected chi connectivity index (χ1v) is 10.7. The standard InChI is InChI=1S/C25H26N2O5/c1-4-26-19-9-6-5-8-18(19)25(24(26)31)20(21(28)17-12-10-16(2)11-13-17)22(29)23(30)27(25)14-7-15-32-3/h5-6,8-13,28H,4,7,14-15H2,1-3H3/b21-20+. The van der Waals surface area contributed by atoms with E-state index in [9.17, 15) is 19.5 Å². The second-order valence-corrected chi connectivity index (χ2v) is 8.00. The highest BCUT2D eigenvalue weighted by Gasteiger charge is 2.66. The Morgan fingerprint density at radius 3 is 2.41 bits per heavy atom. The quantitative estimate of drug-likeness (QED) is 0.327. The minimum Gasteiger partial charge on any atom is -0.507 e. The smallest absolute Gasteiger partial charge is 0.296 e. The number of likely N-dealkylation sites (N-methyl/N-ethyl adjacent to an activating group) is 1. The Labute approximate surface area is 186 Å². The third-order valence-electron chi connectivity index (χ3n) is 6.18. The van der Waals surface area contributed by atoms with Gasteiger partial charge in [-0.3, -0.25) is 14.4 Å². The van der Waals surface area contributed by atoms with Gasteiger partial charge in [0.2, 0.25) is 0 Å². The molecule has 4 rings (SSSR count). The van der Waals surface area contributed by atoms with E-state index in [1.165, 1.54) is 4.90 Å². The average molecular weight is 434 g/mol. The number of rotatable bonds is 6. The Morgan fingerprint density at radius 2 is 1.75 bits per heavy atom. The number of benzene rings is 2. The van der Waals surface area contributed by atoms with E-state index in [2.05, 4.69) is 0 Å². The maximum atomic E-state index is 14.0. The molecule has 0 aliphatic carbocycles. The largest absolute Gasteiger partial charge is 0.507 e. The minimum atomic E-state index is -1.70. The van der Waals surface area contributed by atoms with Crippen LogP contribution in [0.2, 0.25) is 0 Å². The molecule has 1 N–H and O–H groups in total. The molecule has 2 amide bonds. The lowest BCUT2D eigenvalue weighted by molar-refractivity contribution is -0.143. The minimum absolute atomic E-state index is 0.140. The van der Waals surface area contributed by atoms with Gasteiger partial charge >= 0.3 is 0 Å². The van der Waals surface area contributed by atoms with Gasteiger partial charge < -0.3 is 19.6 Å². The number of Topliss-reactive ketones (excluding diaryl/α,β-unsaturated/α-hetero) is 1. The van der Waals surface area contributed by atoms with Gasteiger partial charge in [0.1, 0.15) is 5.76 Å². The molecule has 2 aliphatic rings. The van der Waals surface area contributed by atoms with Gasteiger partial charge in [0, 0.05) is 37.9 Å². The molecule has 0 saturated carbocycles. The third kappa shape index (κ3) is 2.96. The Kier molecular flexibility index (Phi) is 5.60. The molecule has 0 aromatic heterocycles. The summed E-state index contributed by atoms with van der Waals surface area (Å²) in [4.78, 5) is 43.4. The van der Waals surface area contributed by atoms with Gasteiger partial charge in [-0.2, -0.15) is 0 Å². The number of hydrogen-bond acceptors (Lipinski definition) is 5. The summed E-state index contributed by atoms with van der Waals surface area (Å²) < 4.78 is 5.13. The first kappa shape index (κ1) is 21.8. The molecule has 1 saturated heterocycles. The molecule has 32 heavy (non-hydrogen) atoms. The average Bonchev–Trinajstić information content (AvgIpc) is 3.17. The molecule has 2 heterocycles. The number of carbonyl (C=O) groups is 3. The monoisotopic (exact) mass is 434 g/mol. The number of anilines is 1. The molecule has 0 radical (unpaired) electrons. The number of ketones is 1. The van der Waals surface area contributed by atoms with E-state index < -0.39 is 23.1 Å². The van der Waals surface area contributed by atoms with E-state index in [1.54, 1.807) is 54.5 Å². The fraction of sp³-hybridized carbons (Fsp3) is 0.320. The van der Waals surface area contributed by atoms with Gasteiger partial charge in [-0.1, -0.05) is 48.0 Å². The topological polar surface area (TPSA) is 87.2 Å². The Balaban J connectivity index is 2.02. The molecule has 0 bridgehead atoms. The molecule has 1 spiro atoms. The number of para-hydroxylation sites is 1. The van der Waals surface area contributed by atoms with Crippen LogP contribution >= 0.6 is 0 Å². The number of carbonyl (C=O) groups excluding carboxylic acids is 3. The fourth-order valence-corrected chi connectivity index (χ4v) is 4.70. The molecule has 7 nitrogen and oxygen atoms in total. The fourth-order valence-electron chi connectivity index (χ4n) is 4.70. The number of fused-ring (bicyclic) bond motifs is 2. The second kappa shape index (κ2) is 8.24. The van der Waals surface area contributed by atoms with E-state index in [1.807, 2.05) is 19.9 Å². The Bertz CT molecular complexity index is 1120. The Morgan fingerprint density at radius 1 is 1.06 bits per heavy atom. The van der Waals surface area contributed by atoms with Crippen LogP contribution in [-0.2, 0) is 24.7 Å². The van der Waals surface area contributed by atoms with Crippen LogP contribution in [0.25, 0.3) is 5.76 Å². The predicted octanol–water partition coefficient (Wildman–Crippen LogP) is 2.97. The summed E-state index contributed by atoms with van der Waals surface area (Å²) in [5, 5.41) is 11.3. The van der Waals surface area contributed by atoms with Crippen molar-refractivity contribution in [3.05, 3.63) is 70.8 Å². The van der Waals surface area contributed by atoms with Crippen molar-refractivity contribution in [3.8, 4) is 0 Å². The van der Waals surface area contributed by atoms with Crippen LogP contribution in [0.4, 0.5) is 5.69 Å². The lowest BCUT2D eigenvalue weighted by Crippen LogP contribution is -2.52. The SMILES string of the molecule is CCN1C(=O)C2(/C(=C(/O)c3ccc(C)cc3)C(=O)C(=O)N2CCCOC)c2ccccc21. The van der Waals surface area contributed by atoms with Crippen molar-refractivity contribution >= 4 is 29.0 Å². The van der Waals surface area contributed by atoms with E-state index in [0.29, 0.717) is 36.4 Å². The van der Waals surface area contributed by atoms with E-state index in [0.717, 1.165) is 5.56 Å². The van der Waals surface area contributed by atoms with Gasteiger partial charge in [-0.15, -0.1) is 0 Å². The Hall–Kier alpha value is -3.45. The van der Waals surface area contributed by atoms with Crippen molar-refractivity contribution in [3.63, 3.8) is 0 Å². The van der Waals surface area contributed by atoms with Crippen LogP contribution in [0, 0.1) is 6.92 Å². The van der Waals surface area contributed by atoms with Crippen molar-refractivity contribution < 1.29 is 24.2 Å². The van der Waals surface area contributed by atoms with Crippen molar-refractivity contribution in [2.45, 2.75) is 25.8 Å². The van der Waals surface area contributed by atoms with Crippen molar-refractivity contribution in [1.29, 1.82) is 0 Å². The molecule has 2 aromatic carbocycles. The number of aryl methyl sites for hydroxylation is 1. The zero-order chi connectivity index (χ0) is 23.0. The van der Waals surface area contributed by atoms with E-state index >= 15 is 0 Å². The zero-order valence-electron chi connectivity index (χ0n) is 18.4. The number of likely N-dealkylation sites (tertiary alicyclic amines) is 1. The van der Waals surface area contributed by atoms with Gasteiger partial charge in [-0.25, -0.2) is 0 Å². The number of nitrogens with zero attached hydrogens (tertiary/aromatic N) is 2. The molecular weight excluding hydrogens is 408 g/mol. The van der Waals surface area contributed by atoms with Crippen molar-refractivity contribution in [2.75, 3.05) is 31.7 Å². The summed E-state index contributed by atoms with van der Waals surface area (Å²) in [5.41, 5.74) is 0.632. The summed E-state index contributed by atoms with van der Waals surface area (Å²) in [6, 6.07) is 14.1. The lowest BCUT2D eigenvalue weighted by atomic mass is 9.81. The van der Waals surface area contributed by atoms with Crippen LogP contribution in [0.15, 0.2) is 54.1 Å². The second-order valence-electron chi connectivity index (χ2n) is 8.00. The zero-order valence-corrected chi connectivity index (χ0v) is 18.4. The number of methoxy groups -OCH3 is 1. The number of aliphatic hydroxyl groups excluding tert-OH is 1. The maximum absolute atomic E-state index is 14.0. The number of aliphatic hydroxyl groups is 1. The maximum Gasteiger partial charge on any atom is 0.296 e. The highest BCUT2D eigenvalue weighted by Crippen LogP contribution is 2.53. The molecule has 166 valence electrons. The third-order valence-corrected chi connectivity index (χ3v) is 6.18. The molecule has 2 aliphatic heterocycles. The summed E-state index contributed by atoms with van der Waals surface area (Å²) in [5.74, 6) is -2.41. The van der Waals surface area contributed by atoms with Crippen LogP contribution in [0.1, 0.15) is 30.0 Å². The first-order chi connectivity index (χ1) is 15.4. The van der Waals surface area contributed by atoms with Crippen LogP contribution < -0.4 is 4.90 Å². The van der Waals surface area contributed by atoms with Crippen LogP contribution in [0.3, 0.4) is 0 Å². The highest BCUT2D eigenvalue weighted by atomic mass is 16.5. The van der Waals surface area contributed by atoms with E-state index in [-0.39, 0.29) is 17.9 Å². The van der Waals surface area contributed by atoms with Gasteiger partial charge in [-0.05, 0) is 26.3 Å². The molecule has 1 unspecified atom stereocenters. The normalized spacial score (nSPS) is 21.7. The molecular formula is C25H26N2O5. The predicted molar refractivity (Wildman–Crippen MR) is 120 cm³/mol. The first-order valence-electron chi connectivity index (χ1n) is 10.7. The summed E-state index contributed by atoms with van der Waals surface area (Å²) >= 11 is 0. The van der Waals surface area contributed by atoms with Gasteiger partial charge in [0.05, 0.1) is 11.3 Å². The lowest BCUT2D eigenvalue weighted by Gasteiger charge is -2.34. The number of ether oxygens (including phenoxy) is 1. The van der Waals surface area contributed by atoms with Crippen molar-refractivity contribution in [2.24, 2.45) is 0 Å². The van der Waals surface area contributed by atoms with Gasteiger partial charge in [0.15, 0.2) is 5.54 Å². The number of amides is 2. The van der Waals surface area contributed by atoms with Crippen molar-refractivity contribution in [1.82, 2.24) is 4.90 Å². The summed E-state index contributed by atoms with van der Waals surface area (Å²) in [7, 11) is 1.55. The highest BCUT2D eigenvalue weighted by molar-refractivity contribution is 6.50. The summed E-state index contributed by atoms with van der Waals surface area (Å²) in [6.45, 7) is 4.62. The van der Waals surface area contributed by atoms with Crippen LogP contribution in [0.5, 0.6) is 0 Å². The van der Waals surface area contributed by atoms with Gasteiger partial charge in [0.25, 0.3) is 17.6 Å². The van der Waals surface area contributed by atoms with Crippen LogP contribution in [-0.4, -0.2) is 54.4 Å². The molecule has 1 fully saturated rings. The molecule has 2 aromatic rings. The molecule has 1 atom stereocenters. The van der Waals surface area contributed by atoms with E-state index in [4.69, 9.17) is 4.74 Å². The summed E-state index contributed by atoms with van der Waals surface area (Å²) in [6.07, 6.45) is 0.442. The number of hydrogen-bond donors (Lipinski definition) is 1.